The summed E-state index contributed by atoms with van der Waals surface area (Å²) in [5.74, 6) is 0.433. The van der Waals surface area contributed by atoms with E-state index in [1.54, 1.807) is 43.0 Å². The summed E-state index contributed by atoms with van der Waals surface area (Å²) in [7, 11) is 0. The van der Waals surface area contributed by atoms with Gasteiger partial charge < -0.3 is 14.4 Å². The van der Waals surface area contributed by atoms with Gasteiger partial charge in [-0.1, -0.05) is 68.3 Å². The zero-order chi connectivity index (χ0) is 27.6. The lowest BCUT2D eigenvalue weighted by atomic mass is 10.0. The Bertz CT molecular complexity index is 1260. The number of hydrogen-bond donors (Lipinski definition) is 0. The van der Waals surface area contributed by atoms with Crippen LogP contribution in [0.2, 0.25) is 0 Å². The van der Waals surface area contributed by atoms with E-state index in [-0.39, 0.29) is 28.3 Å². The molecule has 0 radical (unpaired) electrons. The Balaban J connectivity index is 1.42. The van der Waals surface area contributed by atoms with Gasteiger partial charge in [-0.05, 0) is 55.7 Å². The summed E-state index contributed by atoms with van der Waals surface area (Å²) in [6, 6.07) is 23.8. The van der Waals surface area contributed by atoms with E-state index in [4.69, 9.17) is 9.47 Å². The minimum Gasteiger partial charge on any atom is -0.494 e. The van der Waals surface area contributed by atoms with E-state index in [1.165, 1.54) is 0 Å². The molecule has 1 saturated heterocycles. The lowest BCUT2D eigenvalue weighted by Crippen LogP contribution is -2.32. The van der Waals surface area contributed by atoms with Crippen LogP contribution in [0.1, 0.15) is 76.7 Å². The molecular weight excluding hydrogens is 510 g/mol. The molecule has 0 aromatic heterocycles. The first-order valence-electron chi connectivity index (χ1n) is 13.6. The number of benzene rings is 3. The van der Waals surface area contributed by atoms with E-state index in [0.29, 0.717) is 48.6 Å². The third kappa shape index (κ3) is 7.30. The number of nitrogens with zero attached hydrogens (tertiary/aromatic N) is 1. The Morgan fingerprint density at radius 2 is 1.62 bits per heavy atom. The quantitative estimate of drug-likeness (QED) is 0.135. The summed E-state index contributed by atoms with van der Waals surface area (Å²) in [5, 5.41) is -0.230. The zero-order valence-electron chi connectivity index (χ0n) is 22.5. The molecule has 204 valence electrons. The maximum atomic E-state index is 13.4. The number of ether oxygens (including phenoxy) is 2. The van der Waals surface area contributed by atoms with Crippen molar-refractivity contribution in [1.82, 2.24) is 4.90 Å². The molecule has 0 saturated carbocycles. The monoisotopic (exact) mass is 545 g/mol. The fourth-order valence-corrected chi connectivity index (χ4v) is 6.10. The van der Waals surface area contributed by atoms with Crippen molar-refractivity contribution >= 4 is 29.4 Å². The van der Waals surface area contributed by atoms with E-state index in [2.05, 4.69) is 6.92 Å². The molecule has 0 unspecified atom stereocenters. The van der Waals surface area contributed by atoms with Crippen molar-refractivity contribution in [3.63, 3.8) is 0 Å². The van der Waals surface area contributed by atoms with Crippen LogP contribution in [0.4, 0.5) is 0 Å². The smallest absolute Gasteiger partial charge is 0.338 e. The lowest BCUT2D eigenvalue weighted by molar-refractivity contribution is -0.130. The third-order valence-electron chi connectivity index (χ3n) is 6.60. The van der Waals surface area contributed by atoms with Crippen LogP contribution in [0.25, 0.3) is 0 Å². The highest BCUT2D eigenvalue weighted by molar-refractivity contribution is 8.01. The summed E-state index contributed by atoms with van der Waals surface area (Å²) in [5.41, 5.74) is 2.72. The van der Waals surface area contributed by atoms with E-state index < -0.39 is 0 Å². The summed E-state index contributed by atoms with van der Waals surface area (Å²) in [6.07, 6.45) is 3.55. The van der Waals surface area contributed by atoms with Crippen molar-refractivity contribution in [1.29, 1.82) is 0 Å². The number of ketones is 1. The molecule has 2 atom stereocenters. The first kappa shape index (κ1) is 28.4. The second kappa shape index (κ2) is 14.0. The van der Waals surface area contributed by atoms with Crippen molar-refractivity contribution in [2.45, 2.75) is 50.2 Å². The van der Waals surface area contributed by atoms with Gasteiger partial charge in [0.2, 0.25) is 5.91 Å². The van der Waals surface area contributed by atoms with Crippen LogP contribution in [0, 0.1) is 0 Å². The molecule has 3 aromatic carbocycles. The van der Waals surface area contributed by atoms with E-state index in [1.807, 2.05) is 59.5 Å². The first-order valence-corrected chi connectivity index (χ1v) is 14.5. The molecule has 4 rings (SSSR count). The molecule has 3 aromatic rings. The maximum absolute atomic E-state index is 13.4. The molecule has 1 aliphatic rings. The molecule has 0 spiro atoms. The van der Waals surface area contributed by atoms with Gasteiger partial charge in [0.25, 0.3) is 0 Å². The maximum Gasteiger partial charge on any atom is 0.338 e. The van der Waals surface area contributed by atoms with E-state index in [9.17, 15) is 14.4 Å². The van der Waals surface area contributed by atoms with Crippen molar-refractivity contribution in [3.05, 3.63) is 101 Å². The number of thioether (sulfide) groups is 1. The number of carbonyl (C=O) groups excluding carboxylic acids is 3. The molecule has 1 aliphatic heterocycles. The second-order valence-corrected chi connectivity index (χ2v) is 10.7. The second-order valence-electron chi connectivity index (χ2n) is 9.42. The molecule has 1 fully saturated rings. The lowest BCUT2D eigenvalue weighted by Gasteiger charge is -2.24. The largest absolute Gasteiger partial charge is 0.494 e. The Kier molecular flexibility index (Phi) is 10.2. The normalized spacial score (nSPS) is 16.8. The third-order valence-corrected chi connectivity index (χ3v) is 8.15. The molecule has 0 bridgehead atoms. The molecule has 0 N–H and O–H groups in total. The van der Waals surface area contributed by atoms with Gasteiger partial charge in [0, 0.05) is 17.7 Å². The van der Waals surface area contributed by atoms with Gasteiger partial charge in [-0.15, -0.1) is 11.8 Å². The van der Waals surface area contributed by atoms with Crippen LogP contribution >= 0.6 is 11.8 Å². The first-order chi connectivity index (χ1) is 19.0. The van der Waals surface area contributed by atoms with Gasteiger partial charge >= 0.3 is 5.97 Å². The van der Waals surface area contributed by atoms with Crippen LogP contribution < -0.4 is 4.74 Å². The average Bonchev–Trinajstić information content (AvgIpc) is 3.29. The standard InChI is InChI=1S/C32H35NO5S/c1-3-5-15-28-30(35)33(20-10-21-38-27-18-16-24(17-19-27)32(36)37-4-2)31(39-28)26-14-9-13-25(22-26)29(34)23-11-7-6-8-12-23/h6-9,11-14,16-19,22,28,31H,3-5,10,15,20-21H2,1-2H3/t28-,31-/m1/s1. The van der Waals surface area contributed by atoms with Gasteiger partial charge in [0.1, 0.15) is 11.1 Å². The van der Waals surface area contributed by atoms with Gasteiger partial charge in [-0.2, -0.15) is 0 Å². The van der Waals surface area contributed by atoms with Crippen molar-refractivity contribution in [2.75, 3.05) is 19.8 Å². The van der Waals surface area contributed by atoms with Crippen LogP contribution in [-0.2, 0) is 9.53 Å². The Labute approximate surface area is 234 Å². The topological polar surface area (TPSA) is 72.9 Å². The Morgan fingerprint density at radius 3 is 2.33 bits per heavy atom. The van der Waals surface area contributed by atoms with Crippen LogP contribution in [0.5, 0.6) is 5.75 Å². The van der Waals surface area contributed by atoms with Crippen LogP contribution in [-0.4, -0.2) is 47.6 Å². The molecule has 6 nitrogen and oxygen atoms in total. The highest BCUT2D eigenvalue weighted by Gasteiger charge is 2.40. The molecular formula is C32H35NO5S. The minimum atomic E-state index is -0.354. The highest BCUT2D eigenvalue weighted by atomic mass is 32.2. The van der Waals surface area contributed by atoms with Gasteiger partial charge in [-0.3, -0.25) is 9.59 Å². The summed E-state index contributed by atoms with van der Waals surface area (Å²) in [6.45, 7) is 5.23. The van der Waals surface area contributed by atoms with E-state index >= 15 is 0 Å². The highest BCUT2D eigenvalue weighted by Crippen LogP contribution is 2.45. The SMILES string of the molecule is CCCC[C@H]1S[C@H](c2cccc(C(=O)c3ccccc3)c2)N(CCCOc2ccc(C(=O)OCC)cc2)C1=O. The predicted molar refractivity (Wildman–Crippen MR) is 154 cm³/mol. The zero-order valence-corrected chi connectivity index (χ0v) is 23.3. The van der Waals surface area contributed by atoms with Gasteiger partial charge in [-0.25, -0.2) is 4.79 Å². The Hall–Kier alpha value is -3.58. The number of carbonyl (C=O) groups is 3. The molecule has 39 heavy (non-hydrogen) atoms. The van der Waals surface area contributed by atoms with Gasteiger partial charge in [0.05, 0.1) is 24.0 Å². The number of amides is 1. The number of rotatable bonds is 13. The van der Waals surface area contributed by atoms with Crippen molar-refractivity contribution in [2.24, 2.45) is 0 Å². The van der Waals surface area contributed by atoms with Crippen molar-refractivity contribution < 1.29 is 23.9 Å². The van der Waals surface area contributed by atoms with Crippen LogP contribution in [0.15, 0.2) is 78.9 Å². The number of hydrogen-bond acceptors (Lipinski definition) is 6. The Morgan fingerprint density at radius 1 is 0.872 bits per heavy atom. The van der Waals surface area contributed by atoms with Crippen molar-refractivity contribution in [3.8, 4) is 5.75 Å². The van der Waals surface area contributed by atoms with Crippen LogP contribution in [0.3, 0.4) is 0 Å². The molecule has 1 heterocycles. The predicted octanol–water partition coefficient (Wildman–Crippen LogP) is 6.70. The van der Waals surface area contributed by atoms with Gasteiger partial charge in [0.15, 0.2) is 5.78 Å². The number of esters is 1. The number of unbranched alkanes of at least 4 members (excludes halogenated alkanes) is 1. The fourth-order valence-electron chi connectivity index (χ4n) is 4.57. The summed E-state index contributed by atoms with van der Waals surface area (Å²) >= 11 is 1.68. The summed E-state index contributed by atoms with van der Waals surface area (Å²) < 4.78 is 10.9. The minimum absolute atomic E-state index is 0.0248. The van der Waals surface area contributed by atoms with E-state index in [0.717, 1.165) is 24.8 Å². The molecule has 0 aliphatic carbocycles. The fraction of sp³-hybridized carbons (Fsp3) is 0.344. The molecule has 7 heteroatoms. The summed E-state index contributed by atoms with van der Waals surface area (Å²) in [4.78, 5) is 40.3. The average molecular weight is 546 g/mol. The molecule has 1 amide bonds.